The second-order valence-electron chi connectivity index (χ2n) is 4.76. The Morgan fingerprint density at radius 3 is 2.78 bits per heavy atom. The highest BCUT2D eigenvalue weighted by molar-refractivity contribution is 5.49. The minimum Gasteiger partial charge on any atom is -0.496 e. The van der Waals surface area contributed by atoms with Crippen molar-refractivity contribution in [3.63, 3.8) is 0 Å². The van der Waals surface area contributed by atoms with Gasteiger partial charge in [-0.15, -0.1) is 0 Å². The Hall–Kier alpha value is -1.80. The Bertz CT molecular complexity index is 577. The van der Waals surface area contributed by atoms with E-state index in [1.807, 2.05) is 6.07 Å². The number of nitrogens with one attached hydrogen (secondary N) is 1. The Morgan fingerprint density at radius 1 is 1.17 bits per heavy atom. The maximum absolute atomic E-state index is 5.50. The van der Waals surface area contributed by atoms with Gasteiger partial charge in [0.1, 0.15) is 5.75 Å². The van der Waals surface area contributed by atoms with Crippen LogP contribution in [0.1, 0.15) is 28.3 Å². The van der Waals surface area contributed by atoms with Crippen molar-refractivity contribution in [3.05, 3.63) is 64.7 Å². The second-order valence-corrected chi connectivity index (χ2v) is 4.76. The smallest absolute Gasteiger partial charge is 0.124 e. The molecule has 0 amide bonds. The maximum Gasteiger partial charge on any atom is 0.124 e. The number of fused-ring (bicyclic) bond motifs is 1. The molecule has 2 aromatic carbocycles. The van der Waals surface area contributed by atoms with Gasteiger partial charge >= 0.3 is 0 Å². The molecule has 18 heavy (non-hydrogen) atoms. The van der Waals surface area contributed by atoms with Crippen LogP contribution in [0, 0.1) is 6.92 Å². The van der Waals surface area contributed by atoms with Crippen LogP contribution in [0.25, 0.3) is 0 Å². The zero-order chi connectivity index (χ0) is 12.5. The zero-order valence-electron chi connectivity index (χ0n) is 10.7. The van der Waals surface area contributed by atoms with Crippen LogP contribution in [0.2, 0.25) is 0 Å². The Morgan fingerprint density at radius 2 is 2.00 bits per heavy atom. The molecule has 0 aromatic heterocycles. The summed E-state index contributed by atoms with van der Waals surface area (Å²) < 4.78 is 5.50. The molecule has 3 rings (SSSR count). The van der Waals surface area contributed by atoms with E-state index in [1.54, 1.807) is 7.11 Å². The fraction of sp³-hybridized carbons (Fsp3) is 0.250. The lowest BCUT2D eigenvalue weighted by Crippen LogP contribution is -2.13. The van der Waals surface area contributed by atoms with Crippen molar-refractivity contribution < 1.29 is 4.74 Å². The average molecular weight is 239 g/mol. The highest BCUT2D eigenvalue weighted by atomic mass is 16.5. The summed E-state index contributed by atoms with van der Waals surface area (Å²) in [5.41, 5.74) is 5.21. The van der Waals surface area contributed by atoms with E-state index in [9.17, 15) is 0 Å². The van der Waals surface area contributed by atoms with Crippen LogP contribution < -0.4 is 10.1 Å². The van der Waals surface area contributed by atoms with Gasteiger partial charge < -0.3 is 10.1 Å². The zero-order valence-corrected chi connectivity index (χ0v) is 10.7. The van der Waals surface area contributed by atoms with Crippen LogP contribution in [0.4, 0.5) is 0 Å². The Labute approximate surface area is 108 Å². The topological polar surface area (TPSA) is 21.3 Å². The fourth-order valence-electron chi connectivity index (χ4n) is 2.70. The van der Waals surface area contributed by atoms with E-state index in [2.05, 4.69) is 48.6 Å². The summed E-state index contributed by atoms with van der Waals surface area (Å²) in [4.78, 5) is 0. The number of methoxy groups -OCH3 is 1. The van der Waals surface area contributed by atoms with Crippen molar-refractivity contribution in [3.8, 4) is 5.75 Å². The standard InChI is InChI=1S/C16H17NO/c1-11-5-3-6-12(9-11)16-15-13(10-17-16)7-4-8-14(15)18-2/h3-9,16-17H,10H2,1-2H3. The first-order valence-electron chi connectivity index (χ1n) is 6.25. The van der Waals surface area contributed by atoms with E-state index >= 15 is 0 Å². The Kier molecular flexibility index (Phi) is 2.80. The Balaban J connectivity index is 2.09. The third-order valence-corrected chi connectivity index (χ3v) is 3.54. The maximum atomic E-state index is 5.50. The largest absolute Gasteiger partial charge is 0.496 e. The molecule has 2 heteroatoms. The van der Waals surface area contributed by atoms with Crippen molar-refractivity contribution >= 4 is 0 Å². The van der Waals surface area contributed by atoms with Crippen LogP contribution in [-0.4, -0.2) is 7.11 Å². The molecule has 92 valence electrons. The van der Waals surface area contributed by atoms with Crippen LogP contribution in [-0.2, 0) is 6.54 Å². The molecule has 1 aliphatic rings. The normalized spacial score (nSPS) is 17.6. The molecule has 0 saturated heterocycles. The van der Waals surface area contributed by atoms with E-state index in [0.717, 1.165) is 12.3 Å². The summed E-state index contributed by atoms with van der Waals surface area (Å²) in [6, 6.07) is 15.1. The number of hydrogen-bond donors (Lipinski definition) is 1. The van der Waals surface area contributed by atoms with Crippen molar-refractivity contribution in [2.24, 2.45) is 0 Å². The summed E-state index contributed by atoms with van der Waals surface area (Å²) >= 11 is 0. The number of hydrogen-bond acceptors (Lipinski definition) is 2. The molecule has 0 aliphatic carbocycles. The third-order valence-electron chi connectivity index (χ3n) is 3.54. The van der Waals surface area contributed by atoms with Gasteiger partial charge in [-0.05, 0) is 24.1 Å². The second kappa shape index (κ2) is 4.46. The van der Waals surface area contributed by atoms with Crippen LogP contribution in [0.15, 0.2) is 42.5 Å². The highest BCUT2D eigenvalue weighted by Crippen LogP contribution is 2.37. The molecule has 0 bridgehead atoms. The van der Waals surface area contributed by atoms with Gasteiger partial charge in [0.2, 0.25) is 0 Å². The molecule has 0 saturated carbocycles. The molecular formula is C16H17NO. The number of benzene rings is 2. The monoisotopic (exact) mass is 239 g/mol. The van der Waals surface area contributed by atoms with Crippen LogP contribution >= 0.6 is 0 Å². The van der Waals surface area contributed by atoms with Gasteiger partial charge in [0.05, 0.1) is 13.2 Å². The fourth-order valence-corrected chi connectivity index (χ4v) is 2.70. The van der Waals surface area contributed by atoms with Gasteiger partial charge in [0.25, 0.3) is 0 Å². The van der Waals surface area contributed by atoms with Crippen molar-refractivity contribution in [1.82, 2.24) is 5.32 Å². The lowest BCUT2D eigenvalue weighted by atomic mass is 9.96. The van der Waals surface area contributed by atoms with Crippen LogP contribution in [0.5, 0.6) is 5.75 Å². The predicted molar refractivity (Wildman–Crippen MR) is 72.9 cm³/mol. The first-order valence-corrected chi connectivity index (χ1v) is 6.25. The number of rotatable bonds is 2. The van der Waals surface area contributed by atoms with Crippen molar-refractivity contribution in [1.29, 1.82) is 0 Å². The summed E-state index contributed by atoms with van der Waals surface area (Å²) in [6.45, 7) is 3.03. The van der Waals surface area contributed by atoms with Gasteiger partial charge in [-0.2, -0.15) is 0 Å². The molecule has 1 atom stereocenters. The lowest BCUT2D eigenvalue weighted by Gasteiger charge is -2.16. The van der Waals surface area contributed by atoms with Gasteiger partial charge in [0.15, 0.2) is 0 Å². The lowest BCUT2D eigenvalue weighted by molar-refractivity contribution is 0.407. The molecular weight excluding hydrogens is 222 g/mol. The SMILES string of the molecule is COc1cccc2c1C(c1cccc(C)c1)NC2. The van der Waals surface area contributed by atoms with E-state index in [4.69, 9.17) is 4.74 Å². The minimum atomic E-state index is 0.246. The van der Waals surface area contributed by atoms with E-state index in [0.29, 0.717) is 0 Å². The van der Waals surface area contributed by atoms with Gasteiger partial charge in [-0.1, -0.05) is 42.0 Å². The van der Waals surface area contributed by atoms with Gasteiger partial charge in [-0.3, -0.25) is 0 Å². The minimum absolute atomic E-state index is 0.246. The molecule has 1 heterocycles. The third kappa shape index (κ3) is 1.79. The van der Waals surface area contributed by atoms with E-state index < -0.39 is 0 Å². The van der Waals surface area contributed by atoms with Crippen molar-refractivity contribution in [2.75, 3.05) is 7.11 Å². The van der Waals surface area contributed by atoms with Gasteiger partial charge in [-0.25, -0.2) is 0 Å². The van der Waals surface area contributed by atoms with Gasteiger partial charge in [0, 0.05) is 12.1 Å². The quantitative estimate of drug-likeness (QED) is 0.869. The highest BCUT2D eigenvalue weighted by Gasteiger charge is 2.26. The molecule has 1 N–H and O–H groups in total. The van der Waals surface area contributed by atoms with Crippen LogP contribution in [0.3, 0.4) is 0 Å². The molecule has 2 nitrogen and oxygen atoms in total. The molecule has 0 radical (unpaired) electrons. The summed E-state index contributed by atoms with van der Waals surface area (Å²) in [6.07, 6.45) is 0. The average Bonchev–Trinajstić information content (AvgIpc) is 2.82. The number of aryl methyl sites for hydroxylation is 1. The van der Waals surface area contributed by atoms with Crippen molar-refractivity contribution in [2.45, 2.75) is 19.5 Å². The number of ether oxygens (including phenoxy) is 1. The summed E-state index contributed by atoms with van der Waals surface area (Å²) in [5, 5.41) is 3.56. The first-order chi connectivity index (χ1) is 8.79. The predicted octanol–water partition coefficient (Wildman–Crippen LogP) is 3.20. The van der Waals surface area contributed by atoms with E-state index in [1.165, 1.54) is 22.3 Å². The molecule has 1 aliphatic heterocycles. The molecule has 2 aromatic rings. The summed E-state index contributed by atoms with van der Waals surface area (Å²) in [7, 11) is 1.74. The van der Waals surface area contributed by atoms with E-state index in [-0.39, 0.29) is 6.04 Å². The first kappa shape index (κ1) is 11.3. The molecule has 0 fully saturated rings. The molecule has 1 unspecified atom stereocenters. The molecule has 0 spiro atoms. The summed E-state index contributed by atoms with van der Waals surface area (Å²) in [5.74, 6) is 0.976.